The number of anilines is 12. The Morgan fingerprint density at radius 2 is 0.674 bits per heavy atom. The van der Waals surface area contributed by atoms with E-state index in [1.807, 2.05) is 0 Å². The summed E-state index contributed by atoms with van der Waals surface area (Å²) in [5.74, 6) is 0.920. The summed E-state index contributed by atoms with van der Waals surface area (Å²) in [6.07, 6.45) is 0. The van der Waals surface area contributed by atoms with E-state index >= 15 is 0 Å². The first-order valence-electron chi connectivity index (χ1n) is 32.4. The number of nitrogens with zero attached hydrogens (tertiary/aromatic N) is 6. The summed E-state index contributed by atoms with van der Waals surface area (Å²) in [5, 5.41) is 0. The zero-order valence-electron chi connectivity index (χ0n) is 51.5. The molecule has 0 saturated heterocycles. The van der Waals surface area contributed by atoms with Crippen molar-refractivity contribution >= 4 is 173 Å². The van der Waals surface area contributed by atoms with Crippen molar-refractivity contribution in [2.75, 3.05) is 19.6 Å². The number of rotatable bonds is 11. The molecule has 0 fully saturated rings. The molecular formula is C85H56B2N6Se2. The molecule has 6 nitrogen and oxygen atoms in total. The van der Waals surface area contributed by atoms with Gasteiger partial charge >= 0.3 is 570 Å². The molecule has 15 aromatic rings. The summed E-state index contributed by atoms with van der Waals surface area (Å²) in [4.78, 5) is 15.6. The zero-order chi connectivity index (χ0) is 62.5. The van der Waals surface area contributed by atoms with E-state index in [0.717, 1.165) is 73.6 Å². The molecule has 14 aromatic carbocycles. The number of aromatic nitrogens is 2. The molecule has 0 bridgehead atoms. The van der Waals surface area contributed by atoms with Crippen LogP contribution in [0.15, 0.2) is 340 Å². The van der Waals surface area contributed by atoms with Crippen LogP contribution in [0.4, 0.5) is 68.2 Å². The van der Waals surface area contributed by atoms with E-state index in [2.05, 4.69) is 364 Å². The van der Waals surface area contributed by atoms with Crippen molar-refractivity contribution in [2.45, 2.75) is 0 Å². The average molecular weight is 1340 g/mol. The molecule has 1 aromatic heterocycles. The van der Waals surface area contributed by atoms with Crippen LogP contribution in [0.2, 0.25) is 0 Å². The fraction of sp³-hybridized carbons (Fsp3) is 0. The number of hydrogen-bond donors (Lipinski definition) is 0. The van der Waals surface area contributed by atoms with Gasteiger partial charge < -0.3 is 0 Å². The number of imidazole rings is 1. The van der Waals surface area contributed by atoms with E-state index in [1.54, 1.807) is 0 Å². The van der Waals surface area contributed by atoms with Crippen molar-refractivity contribution in [1.29, 1.82) is 0 Å². The molecule has 444 valence electrons. The van der Waals surface area contributed by atoms with Gasteiger partial charge in [-0.25, -0.2) is 0 Å². The minimum atomic E-state index is -0.219. The molecule has 0 N–H and O–H groups in total. The fourth-order valence-electron chi connectivity index (χ4n) is 15.2. The normalized spacial score (nSPS) is 12.9. The Balaban J connectivity index is 0.931. The SMILES string of the molecule is c1ccc(-c2nc3ccc(-c4c5c(cc6c4[Se]c4cc(N(c7ccccc7)c7ccccc7)cc7c4B6c4ccccc4N7c4ccccc4)B4c6ccccc6N(c6ccccc6)c6cc(N(c7ccccc7)c7ccccc7)cc(c64)[Se]5)cc3n2-c2ccccc2)cc1. The van der Waals surface area contributed by atoms with Crippen LogP contribution in [0.5, 0.6) is 0 Å². The molecule has 0 radical (unpaired) electrons. The summed E-state index contributed by atoms with van der Waals surface area (Å²) >= 11 is -0.438. The van der Waals surface area contributed by atoms with Crippen LogP contribution >= 0.6 is 0 Å². The van der Waals surface area contributed by atoms with Crippen molar-refractivity contribution in [3.63, 3.8) is 0 Å². The molecule has 0 atom stereocenters. The fourth-order valence-corrected chi connectivity index (χ4v) is 21.2. The molecule has 4 aliphatic rings. The Hall–Kier alpha value is -11.1. The van der Waals surface area contributed by atoms with Crippen LogP contribution in [-0.2, 0) is 0 Å². The van der Waals surface area contributed by atoms with E-state index < -0.39 is 0 Å². The first-order valence-corrected chi connectivity index (χ1v) is 35.8. The number of para-hydroxylation sites is 9. The topological polar surface area (TPSA) is 30.8 Å². The monoisotopic (exact) mass is 1340 g/mol. The zero-order valence-corrected chi connectivity index (χ0v) is 54.9. The van der Waals surface area contributed by atoms with Crippen LogP contribution < -0.4 is 70.2 Å². The number of fused-ring (bicyclic) bond motifs is 9. The van der Waals surface area contributed by atoms with Crippen molar-refractivity contribution in [2.24, 2.45) is 0 Å². The van der Waals surface area contributed by atoms with Crippen molar-refractivity contribution < 1.29 is 0 Å². The molecule has 19 rings (SSSR count). The van der Waals surface area contributed by atoms with Gasteiger partial charge in [0, 0.05) is 0 Å². The molecule has 0 spiro atoms. The predicted octanol–water partition coefficient (Wildman–Crippen LogP) is 13.8. The van der Waals surface area contributed by atoms with Crippen molar-refractivity contribution in [3.8, 4) is 28.2 Å². The molecule has 0 aliphatic carbocycles. The van der Waals surface area contributed by atoms with Gasteiger partial charge in [-0.1, -0.05) is 0 Å². The van der Waals surface area contributed by atoms with E-state index in [0.29, 0.717) is 0 Å². The standard InChI is InChI=1S/C85H56B2N6Se2/c1-9-29-57(30-10-1)85-88-72-50-49-58(51-75(72)93(85)65-43-23-8-24-44-65)80-83-70(86-68-45-25-27-47-73(68)91(63-39-19-6-20-40-63)76-52-66(54-78(94-83)81(76)86)89(59-31-11-2-12-32-59)60-33-13-3-14-34-60)56-71-84(80)95-79-55-67(90(61-35-15-4-16-36-61)62-37-17-5-18-38-62)53-77-82(79)87(71)69-46-26-28-48-74(69)92(77)64-41-21-7-22-42-64/h1-56H. The van der Waals surface area contributed by atoms with Gasteiger partial charge in [-0.15, -0.1) is 0 Å². The molecule has 10 heteroatoms. The summed E-state index contributed by atoms with van der Waals surface area (Å²) in [6, 6.07) is 126. The van der Waals surface area contributed by atoms with Gasteiger partial charge in [-0.3, -0.25) is 0 Å². The summed E-state index contributed by atoms with van der Waals surface area (Å²) in [5.41, 5.74) is 28.7. The van der Waals surface area contributed by atoms with Crippen LogP contribution in [0.1, 0.15) is 0 Å². The maximum absolute atomic E-state index is 5.53. The molecule has 0 saturated carbocycles. The Morgan fingerprint density at radius 3 is 1.11 bits per heavy atom. The van der Waals surface area contributed by atoms with E-state index in [-0.39, 0.29) is 43.3 Å². The van der Waals surface area contributed by atoms with Gasteiger partial charge in [0.05, 0.1) is 0 Å². The molecule has 0 amide bonds. The third kappa shape index (κ3) is 9.13. The Labute approximate surface area is 566 Å². The van der Waals surface area contributed by atoms with Crippen LogP contribution in [0.25, 0.3) is 39.2 Å². The Kier molecular flexibility index (Phi) is 13.4. The summed E-state index contributed by atoms with van der Waals surface area (Å²) in [7, 11) is 0. The predicted molar refractivity (Wildman–Crippen MR) is 403 cm³/mol. The van der Waals surface area contributed by atoms with Crippen LogP contribution in [0.3, 0.4) is 0 Å². The summed E-state index contributed by atoms with van der Waals surface area (Å²) in [6.45, 7) is -0.184. The van der Waals surface area contributed by atoms with Gasteiger partial charge in [0.15, 0.2) is 0 Å². The third-order valence-electron chi connectivity index (χ3n) is 19.2. The van der Waals surface area contributed by atoms with E-state index in [1.165, 1.54) is 84.5 Å². The molecule has 5 heterocycles. The Morgan fingerprint density at radius 1 is 0.295 bits per heavy atom. The van der Waals surface area contributed by atoms with Crippen LogP contribution in [-0.4, -0.2) is 52.9 Å². The maximum atomic E-state index is 5.53. The first-order chi connectivity index (χ1) is 47.2. The molecule has 95 heavy (non-hydrogen) atoms. The summed E-state index contributed by atoms with van der Waals surface area (Å²) < 4.78 is 8.03. The van der Waals surface area contributed by atoms with E-state index in [4.69, 9.17) is 4.98 Å². The van der Waals surface area contributed by atoms with Gasteiger partial charge in [0.1, 0.15) is 0 Å². The molecule has 4 aliphatic heterocycles. The molecule has 0 unspecified atom stereocenters. The second-order valence-corrected chi connectivity index (χ2v) is 29.0. The van der Waals surface area contributed by atoms with Crippen molar-refractivity contribution in [3.05, 3.63) is 340 Å². The number of hydrogen-bond acceptors (Lipinski definition) is 5. The Bertz CT molecular complexity index is 5120. The third-order valence-corrected chi connectivity index (χ3v) is 24.2. The quantitative estimate of drug-likeness (QED) is 0.120. The van der Waals surface area contributed by atoms with Gasteiger partial charge in [0.25, 0.3) is 0 Å². The van der Waals surface area contributed by atoms with Crippen molar-refractivity contribution in [1.82, 2.24) is 9.55 Å². The van der Waals surface area contributed by atoms with Gasteiger partial charge in [-0.2, -0.15) is 0 Å². The molecular weight excluding hydrogens is 1280 g/mol. The second kappa shape index (κ2) is 22.9. The number of benzene rings is 14. The first kappa shape index (κ1) is 55.5. The second-order valence-electron chi connectivity index (χ2n) is 24.6. The van der Waals surface area contributed by atoms with Crippen LogP contribution in [0, 0.1) is 0 Å². The van der Waals surface area contributed by atoms with E-state index in [9.17, 15) is 0 Å². The minimum absolute atomic E-state index is 0.0919. The van der Waals surface area contributed by atoms with Gasteiger partial charge in [0.2, 0.25) is 0 Å². The average Bonchev–Trinajstić information content (AvgIpc) is 0.936. The van der Waals surface area contributed by atoms with Gasteiger partial charge in [-0.05, 0) is 0 Å².